The summed E-state index contributed by atoms with van der Waals surface area (Å²) in [5, 5.41) is 0. The van der Waals surface area contributed by atoms with E-state index in [0.29, 0.717) is 17.7 Å². The minimum Gasteiger partial charge on any atom is -0.496 e. The molecule has 15 heavy (non-hydrogen) atoms. The van der Waals surface area contributed by atoms with Crippen LogP contribution < -0.4 is 4.74 Å². The van der Waals surface area contributed by atoms with Crippen molar-refractivity contribution < 1.29 is 13.9 Å². The highest BCUT2D eigenvalue weighted by Crippen LogP contribution is 2.30. The molecule has 0 saturated carbocycles. The van der Waals surface area contributed by atoms with Gasteiger partial charge in [-0.05, 0) is 36.1 Å². The number of rotatable bonds is 4. The number of ether oxygens (including phenoxy) is 1. The lowest BCUT2D eigenvalue weighted by molar-refractivity contribution is -0.108. The Morgan fingerprint density at radius 1 is 1.53 bits per heavy atom. The Labute approximate surface area is 89.1 Å². The van der Waals surface area contributed by atoms with Crippen LogP contribution in [0.5, 0.6) is 5.75 Å². The Kier molecular flexibility index (Phi) is 3.83. The quantitative estimate of drug-likeness (QED) is 0.714. The van der Waals surface area contributed by atoms with Crippen LogP contribution in [0.4, 0.5) is 4.39 Å². The molecule has 0 saturated heterocycles. The van der Waals surface area contributed by atoms with Crippen molar-refractivity contribution in [3.8, 4) is 5.75 Å². The molecule has 2 nitrogen and oxygen atoms in total. The maximum Gasteiger partial charge on any atom is 0.127 e. The van der Waals surface area contributed by atoms with Gasteiger partial charge in [0.2, 0.25) is 0 Å². The topological polar surface area (TPSA) is 26.3 Å². The second-order valence-electron chi connectivity index (χ2n) is 3.59. The number of aldehydes is 1. The van der Waals surface area contributed by atoms with E-state index in [4.69, 9.17) is 4.74 Å². The second-order valence-corrected chi connectivity index (χ2v) is 3.59. The molecule has 0 spiro atoms. The molecule has 1 atom stereocenters. The summed E-state index contributed by atoms with van der Waals surface area (Å²) in [5.41, 5.74) is 1.34. The minimum absolute atomic E-state index is 0.113. The molecule has 3 heteroatoms. The number of benzene rings is 1. The van der Waals surface area contributed by atoms with Gasteiger partial charge in [0.15, 0.2) is 0 Å². The molecule has 0 radical (unpaired) electrons. The molecular formula is C12H15FO2. The van der Waals surface area contributed by atoms with Gasteiger partial charge in [-0.2, -0.15) is 0 Å². The molecule has 1 rings (SSSR count). The first-order chi connectivity index (χ1) is 7.11. The van der Waals surface area contributed by atoms with Crippen molar-refractivity contribution >= 4 is 6.29 Å². The first-order valence-electron chi connectivity index (χ1n) is 4.88. The minimum atomic E-state index is -0.275. The van der Waals surface area contributed by atoms with Crippen LogP contribution in [0.1, 0.15) is 30.4 Å². The molecule has 0 aliphatic carbocycles. The van der Waals surface area contributed by atoms with Crippen molar-refractivity contribution in [3.63, 3.8) is 0 Å². The summed E-state index contributed by atoms with van der Waals surface area (Å²) in [6, 6.07) is 2.98. The SMILES string of the molecule is COc1ccc(F)c(C(C)CC=O)c1C. The van der Waals surface area contributed by atoms with Crippen LogP contribution in [0.2, 0.25) is 0 Å². The first-order valence-corrected chi connectivity index (χ1v) is 4.88. The fourth-order valence-electron chi connectivity index (χ4n) is 1.76. The van der Waals surface area contributed by atoms with Gasteiger partial charge in [-0.1, -0.05) is 6.92 Å². The summed E-state index contributed by atoms with van der Waals surface area (Å²) >= 11 is 0. The molecule has 0 amide bonds. The molecule has 0 bridgehead atoms. The second kappa shape index (κ2) is 4.91. The van der Waals surface area contributed by atoms with Gasteiger partial charge in [0.1, 0.15) is 17.9 Å². The largest absolute Gasteiger partial charge is 0.496 e. The molecule has 0 N–H and O–H groups in total. The first kappa shape index (κ1) is 11.7. The average Bonchev–Trinajstić information content (AvgIpc) is 2.18. The van der Waals surface area contributed by atoms with E-state index in [1.165, 1.54) is 6.07 Å². The van der Waals surface area contributed by atoms with Crippen LogP contribution in [0.3, 0.4) is 0 Å². The lowest BCUT2D eigenvalue weighted by atomic mass is 9.93. The van der Waals surface area contributed by atoms with E-state index < -0.39 is 0 Å². The zero-order chi connectivity index (χ0) is 11.4. The number of carbonyl (C=O) groups is 1. The number of hydrogen-bond donors (Lipinski definition) is 0. The van der Waals surface area contributed by atoms with Crippen molar-refractivity contribution in [2.75, 3.05) is 7.11 Å². The number of carbonyl (C=O) groups excluding carboxylic acids is 1. The Bertz CT molecular complexity index is 361. The molecule has 1 unspecified atom stereocenters. The van der Waals surface area contributed by atoms with E-state index in [2.05, 4.69) is 0 Å². The van der Waals surface area contributed by atoms with E-state index in [1.54, 1.807) is 20.1 Å². The molecular weight excluding hydrogens is 195 g/mol. The van der Waals surface area contributed by atoms with E-state index >= 15 is 0 Å². The van der Waals surface area contributed by atoms with E-state index in [-0.39, 0.29) is 11.7 Å². The molecule has 0 aromatic heterocycles. The van der Waals surface area contributed by atoms with Crippen LogP contribution in [0.15, 0.2) is 12.1 Å². The highest BCUT2D eigenvalue weighted by atomic mass is 19.1. The van der Waals surface area contributed by atoms with Gasteiger partial charge in [-0.25, -0.2) is 4.39 Å². The summed E-state index contributed by atoms with van der Waals surface area (Å²) in [5.74, 6) is 0.268. The van der Waals surface area contributed by atoms with Crippen molar-refractivity contribution in [3.05, 3.63) is 29.1 Å². The monoisotopic (exact) mass is 210 g/mol. The van der Waals surface area contributed by atoms with Crippen molar-refractivity contribution in [2.45, 2.75) is 26.2 Å². The van der Waals surface area contributed by atoms with Crippen molar-refractivity contribution in [2.24, 2.45) is 0 Å². The Balaban J connectivity index is 3.19. The summed E-state index contributed by atoms with van der Waals surface area (Å²) in [6.45, 7) is 3.64. The Hall–Kier alpha value is -1.38. The molecule has 0 heterocycles. The van der Waals surface area contributed by atoms with Crippen molar-refractivity contribution in [1.29, 1.82) is 0 Å². The van der Waals surface area contributed by atoms with Gasteiger partial charge in [0.25, 0.3) is 0 Å². The summed E-state index contributed by atoms with van der Waals surface area (Å²) in [6.07, 6.45) is 1.13. The lowest BCUT2D eigenvalue weighted by Gasteiger charge is -2.15. The zero-order valence-corrected chi connectivity index (χ0v) is 9.21. The van der Waals surface area contributed by atoms with Crippen LogP contribution in [-0.4, -0.2) is 13.4 Å². The summed E-state index contributed by atoms with van der Waals surface area (Å²) in [4.78, 5) is 10.4. The smallest absolute Gasteiger partial charge is 0.127 e. The standard InChI is InChI=1S/C12H15FO2/c1-8(6-7-14)12-9(2)11(15-3)5-4-10(12)13/h4-5,7-8H,6H2,1-3H3. The Morgan fingerprint density at radius 3 is 2.73 bits per heavy atom. The molecule has 0 aliphatic rings. The number of halogens is 1. The summed E-state index contributed by atoms with van der Waals surface area (Å²) < 4.78 is 18.7. The number of methoxy groups -OCH3 is 1. The highest BCUT2D eigenvalue weighted by Gasteiger charge is 2.16. The zero-order valence-electron chi connectivity index (χ0n) is 9.21. The van der Waals surface area contributed by atoms with Gasteiger partial charge in [-0.3, -0.25) is 0 Å². The van der Waals surface area contributed by atoms with Gasteiger partial charge < -0.3 is 9.53 Å². The predicted octanol–water partition coefficient (Wildman–Crippen LogP) is 2.84. The molecule has 0 aliphatic heterocycles. The Morgan fingerprint density at radius 2 is 2.20 bits per heavy atom. The molecule has 82 valence electrons. The molecule has 0 fully saturated rings. The fraction of sp³-hybridized carbons (Fsp3) is 0.417. The normalized spacial score (nSPS) is 12.3. The fourth-order valence-corrected chi connectivity index (χ4v) is 1.76. The third-order valence-corrected chi connectivity index (χ3v) is 2.57. The van der Waals surface area contributed by atoms with Crippen LogP contribution in [-0.2, 0) is 4.79 Å². The van der Waals surface area contributed by atoms with E-state index in [1.807, 2.05) is 6.92 Å². The number of hydrogen-bond acceptors (Lipinski definition) is 2. The maximum atomic E-state index is 13.6. The predicted molar refractivity (Wildman–Crippen MR) is 56.8 cm³/mol. The van der Waals surface area contributed by atoms with Crippen LogP contribution in [0.25, 0.3) is 0 Å². The van der Waals surface area contributed by atoms with Gasteiger partial charge in [-0.15, -0.1) is 0 Å². The van der Waals surface area contributed by atoms with E-state index in [0.717, 1.165) is 11.8 Å². The maximum absolute atomic E-state index is 13.6. The third-order valence-electron chi connectivity index (χ3n) is 2.57. The van der Waals surface area contributed by atoms with E-state index in [9.17, 15) is 9.18 Å². The lowest BCUT2D eigenvalue weighted by Crippen LogP contribution is -2.03. The van der Waals surface area contributed by atoms with Gasteiger partial charge >= 0.3 is 0 Å². The van der Waals surface area contributed by atoms with Gasteiger partial charge in [0, 0.05) is 6.42 Å². The van der Waals surface area contributed by atoms with Crippen LogP contribution in [0, 0.1) is 12.7 Å². The van der Waals surface area contributed by atoms with Gasteiger partial charge in [0.05, 0.1) is 7.11 Å². The summed E-state index contributed by atoms with van der Waals surface area (Å²) in [7, 11) is 1.55. The average molecular weight is 210 g/mol. The third kappa shape index (κ3) is 2.35. The molecule has 1 aromatic carbocycles. The van der Waals surface area contributed by atoms with Crippen molar-refractivity contribution in [1.82, 2.24) is 0 Å². The highest BCUT2D eigenvalue weighted by molar-refractivity contribution is 5.53. The molecule has 1 aromatic rings. The van der Waals surface area contributed by atoms with Crippen LogP contribution >= 0.6 is 0 Å².